The zero-order chi connectivity index (χ0) is 15.9. The predicted molar refractivity (Wildman–Crippen MR) is 89.8 cm³/mol. The van der Waals surface area contributed by atoms with E-state index in [0.717, 1.165) is 44.0 Å². The molecule has 0 aliphatic heterocycles. The van der Waals surface area contributed by atoms with Crippen LogP contribution in [0.15, 0.2) is 12.1 Å². The van der Waals surface area contributed by atoms with Crippen molar-refractivity contribution in [2.45, 2.75) is 72.9 Å². The Labute approximate surface area is 130 Å². The molecule has 0 radical (unpaired) electrons. The van der Waals surface area contributed by atoms with Gasteiger partial charge in [-0.3, -0.25) is 0 Å². The fourth-order valence-electron chi connectivity index (χ4n) is 1.95. The highest BCUT2D eigenvalue weighted by Crippen LogP contribution is 2.16. The van der Waals surface area contributed by atoms with Crippen molar-refractivity contribution in [3.63, 3.8) is 0 Å². The lowest BCUT2D eigenvalue weighted by atomic mass is 10.1. The van der Waals surface area contributed by atoms with Gasteiger partial charge in [0.15, 0.2) is 0 Å². The van der Waals surface area contributed by atoms with E-state index < -0.39 is 0 Å². The van der Waals surface area contributed by atoms with Crippen LogP contribution in [-0.4, -0.2) is 17.1 Å². The van der Waals surface area contributed by atoms with Crippen LogP contribution in [0.5, 0.6) is 5.88 Å². The summed E-state index contributed by atoms with van der Waals surface area (Å²) in [6.07, 6.45) is 3.17. The molecule has 3 nitrogen and oxygen atoms in total. The van der Waals surface area contributed by atoms with Crippen molar-refractivity contribution in [2.75, 3.05) is 6.61 Å². The Bertz CT molecular complexity index is 422. The third-order valence-electron chi connectivity index (χ3n) is 3.19. The SMILES string of the molecule is CCCc1cc(CNC(C)(C)C)cc(OCCC(C)C)n1. The lowest BCUT2D eigenvalue weighted by Gasteiger charge is -2.21. The average molecular weight is 292 g/mol. The minimum Gasteiger partial charge on any atom is -0.478 e. The van der Waals surface area contributed by atoms with E-state index in [1.54, 1.807) is 0 Å². The second kappa shape index (κ2) is 8.38. The van der Waals surface area contributed by atoms with E-state index in [-0.39, 0.29) is 5.54 Å². The highest BCUT2D eigenvalue weighted by Gasteiger charge is 2.10. The number of aryl methyl sites for hydroxylation is 1. The van der Waals surface area contributed by atoms with Crippen LogP contribution in [0.1, 0.15) is 65.6 Å². The first-order valence-corrected chi connectivity index (χ1v) is 8.18. The number of hydrogen-bond acceptors (Lipinski definition) is 3. The number of pyridine rings is 1. The fraction of sp³-hybridized carbons (Fsp3) is 0.722. The zero-order valence-electron chi connectivity index (χ0n) is 14.6. The van der Waals surface area contributed by atoms with Gasteiger partial charge >= 0.3 is 0 Å². The number of ether oxygens (including phenoxy) is 1. The molecule has 3 heteroatoms. The van der Waals surface area contributed by atoms with Crippen LogP contribution in [0.25, 0.3) is 0 Å². The minimum absolute atomic E-state index is 0.118. The quantitative estimate of drug-likeness (QED) is 0.773. The summed E-state index contributed by atoms with van der Waals surface area (Å²) in [5, 5.41) is 3.53. The topological polar surface area (TPSA) is 34.1 Å². The van der Waals surface area contributed by atoms with Crippen molar-refractivity contribution in [1.82, 2.24) is 10.3 Å². The number of hydrogen-bond donors (Lipinski definition) is 1. The molecule has 0 saturated carbocycles. The number of aromatic nitrogens is 1. The molecule has 1 aromatic rings. The summed E-state index contributed by atoms with van der Waals surface area (Å²) in [6.45, 7) is 14.7. The summed E-state index contributed by atoms with van der Waals surface area (Å²) in [5.74, 6) is 1.43. The Hall–Kier alpha value is -1.09. The lowest BCUT2D eigenvalue weighted by molar-refractivity contribution is 0.278. The molecule has 0 aliphatic rings. The molecule has 0 aliphatic carbocycles. The Morgan fingerprint density at radius 2 is 1.95 bits per heavy atom. The largest absolute Gasteiger partial charge is 0.478 e. The van der Waals surface area contributed by atoms with E-state index in [4.69, 9.17) is 4.74 Å². The van der Waals surface area contributed by atoms with Gasteiger partial charge in [0.05, 0.1) is 6.61 Å². The first-order chi connectivity index (χ1) is 9.80. The lowest BCUT2D eigenvalue weighted by Crippen LogP contribution is -2.35. The van der Waals surface area contributed by atoms with E-state index in [0.29, 0.717) is 5.92 Å². The normalized spacial score (nSPS) is 12.0. The smallest absolute Gasteiger partial charge is 0.213 e. The molecule has 0 saturated heterocycles. The van der Waals surface area contributed by atoms with E-state index >= 15 is 0 Å². The van der Waals surface area contributed by atoms with E-state index in [1.165, 1.54) is 5.56 Å². The highest BCUT2D eigenvalue weighted by molar-refractivity contribution is 5.25. The van der Waals surface area contributed by atoms with Crippen molar-refractivity contribution in [3.8, 4) is 5.88 Å². The van der Waals surface area contributed by atoms with Crippen molar-refractivity contribution in [1.29, 1.82) is 0 Å². The molecule has 0 unspecified atom stereocenters. The molecular formula is C18H32N2O. The second-order valence-electron chi connectivity index (χ2n) is 7.19. The summed E-state index contributed by atoms with van der Waals surface area (Å²) in [4.78, 5) is 4.61. The summed E-state index contributed by atoms with van der Waals surface area (Å²) in [6, 6.07) is 4.26. The first kappa shape index (κ1) is 18.0. The maximum absolute atomic E-state index is 5.84. The van der Waals surface area contributed by atoms with E-state index in [9.17, 15) is 0 Å². The van der Waals surface area contributed by atoms with Crippen molar-refractivity contribution in [3.05, 3.63) is 23.4 Å². The van der Waals surface area contributed by atoms with Gasteiger partial charge in [0, 0.05) is 23.8 Å². The molecule has 0 fully saturated rings. The zero-order valence-corrected chi connectivity index (χ0v) is 14.6. The van der Waals surface area contributed by atoms with Gasteiger partial charge < -0.3 is 10.1 Å². The van der Waals surface area contributed by atoms with Crippen LogP contribution in [0.2, 0.25) is 0 Å². The molecule has 1 N–H and O–H groups in total. The molecule has 0 spiro atoms. The molecule has 1 aromatic heterocycles. The van der Waals surface area contributed by atoms with Gasteiger partial charge in [0.1, 0.15) is 0 Å². The van der Waals surface area contributed by atoms with E-state index in [1.807, 2.05) is 0 Å². The van der Waals surface area contributed by atoms with Crippen LogP contribution in [-0.2, 0) is 13.0 Å². The van der Waals surface area contributed by atoms with Crippen LogP contribution in [0.3, 0.4) is 0 Å². The average Bonchev–Trinajstić information content (AvgIpc) is 2.35. The van der Waals surface area contributed by atoms with Crippen molar-refractivity contribution >= 4 is 0 Å². The molecule has 0 atom stereocenters. The first-order valence-electron chi connectivity index (χ1n) is 8.18. The molecule has 1 heterocycles. The third kappa shape index (κ3) is 8.05. The fourth-order valence-corrected chi connectivity index (χ4v) is 1.95. The van der Waals surface area contributed by atoms with Gasteiger partial charge in [-0.1, -0.05) is 27.2 Å². The summed E-state index contributed by atoms with van der Waals surface area (Å²) >= 11 is 0. The summed E-state index contributed by atoms with van der Waals surface area (Å²) < 4.78 is 5.84. The van der Waals surface area contributed by atoms with Crippen molar-refractivity contribution in [2.24, 2.45) is 5.92 Å². The van der Waals surface area contributed by atoms with Gasteiger partial charge in [-0.25, -0.2) is 4.98 Å². The molecule has 1 rings (SSSR count). The van der Waals surface area contributed by atoms with Crippen LogP contribution < -0.4 is 10.1 Å². The van der Waals surface area contributed by atoms with Gasteiger partial charge in [-0.15, -0.1) is 0 Å². The molecule has 120 valence electrons. The van der Waals surface area contributed by atoms with Crippen LogP contribution in [0, 0.1) is 5.92 Å². The monoisotopic (exact) mass is 292 g/mol. The van der Waals surface area contributed by atoms with Gasteiger partial charge in [-0.05, 0) is 51.2 Å². The summed E-state index contributed by atoms with van der Waals surface area (Å²) in [7, 11) is 0. The van der Waals surface area contributed by atoms with Crippen LogP contribution >= 0.6 is 0 Å². The van der Waals surface area contributed by atoms with E-state index in [2.05, 4.69) is 64.0 Å². The highest BCUT2D eigenvalue weighted by atomic mass is 16.5. The van der Waals surface area contributed by atoms with Gasteiger partial charge in [0.2, 0.25) is 5.88 Å². The molecule has 0 bridgehead atoms. The number of rotatable bonds is 8. The number of nitrogens with zero attached hydrogens (tertiary/aromatic N) is 1. The minimum atomic E-state index is 0.118. The van der Waals surface area contributed by atoms with Crippen molar-refractivity contribution < 1.29 is 4.74 Å². The molecule has 21 heavy (non-hydrogen) atoms. The third-order valence-corrected chi connectivity index (χ3v) is 3.19. The standard InChI is InChI=1S/C18H32N2O/c1-7-8-16-11-15(13-19-18(4,5)6)12-17(20-16)21-10-9-14(2)3/h11-12,14,19H,7-10,13H2,1-6H3. The Kier molecular flexibility index (Phi) is 7.16. The Morgan fingerprint density at radius 1 is 1.24 bits per heavy atom. The second-order valence-corrected chi connectivity index (χ2v) is 7.19. The molecule has 0 amide bonds. The Morgan fingerprint density at radius 3 is 2.52 bits per heavy atom. The molecule has 0 aromatic carbocycles. The van der Waals surface area contributed by atoms with Gasteiger partial charge in [0.25, 0.3) is 0 Å². The summed E-state index contributed by atoms with van der Waals surface area (Å²) in [5.41, 5.74) is 2.50. The van der Waals surface area contributed by atoms with Gasteiger partial charge in [-0.2, -0.15) is 0 Å². The van der Waals surface area contributed by atoms with Crippen LogP contribution in [0.4, 0.5) is 0 Å². The molecular weight excluding hydrogens is 260 g/mol. The Balaban J connectivity index is 2.74. The predicted octanol–water partition coefficient (Wildman–Crippen LogP) is 4.35. The maximum Gasteiger partial charge on any atom is 0.213 e. The number of nitrogens with one attached hydrogen (secondary N) is 1. The maximum atomic E-state index is 5.84.